The Kier molecular flexibility index (Phi) is 22.3. The number of hydrogen-bond acceptors (Lipinski definition) is 17. The van der Waals surface area contributed by atoms with Crippen LogP contribution in [-0.4, -0.2) is 218 Å². The summed E-state index contributed by atoms with van der Waals surface area (Å²) in [6.07, 6.45) is 3.00. The van der Waals surface area contributed by atoms with E-state index in [0.717, 1.165) is 27.1 Å². The molecule has 4 aliphatic rings. The number of urea groups is 1. The highest BCUT2D eigenvalue weighted by molar-refractivity contribution is 6.03. The van der Waals surface area contributed by atoms with E-state index < -0.39 is 87.8 Å². The van der Waals surface area contributed by atoms with Gasteiger partial charge in [0.1, 0.15) is 29.5 Å². The first-order valence-electron chi connectivity index (χ1n) is 28.7. The van der Waals surface area contributed by atoms with Crippen molar-refractivity contribution in [1.29, 1.82) is 0 Å². The smallest absolute Gasteiger partial charge is 0.326 e. The van der Waals surface area contributed by atoms with E-state index in [1.165, 1.54) is 0 Å². The summed E-state index contributed by atoms with van der Waals surface area (Å²) >= 11 is 0. The van der Waals surface area contributed by atoms with Crippen LogP contribution in [0.1, 0.15) is 82.6 Å². The van der Waals surface area contributed by atoms with Crippen molar-refractivity contribution in [1.82, 2.24) is 40.9 Å². The van der Waals surface area contributed by atoms with Gasteiger partial charge in [0.25, 0.3) is 10.9 Å². The number of rotatable bonds is 29. The van der Waals surface area contributed by atoms with Crippen molar-refractivity contribution in [3.63, 3.8) is 0 Å². The monoisotopic (exact) mass is 1180 g/mol. The van der Waals surface area contributed by atoms with Crippen LogP contribution in [0.2, 0.25) is 0 Å². The largest absolute Gasteiger partial charge is 0.481 e. The first-order chi connectivity index (χ1) is 40.5. The maximum Gasteiger partial charge on any atom is 0.326 e. The van der Waals surface area contributed by atoms with Crippen molar-refractivity contribution in [2.24, 2.45) is 0 Å². The van der Waals surface area contributed by atoms with Crippen molar-refractivity contribution >= 4 is 86.6 Å². The third-order valence-corrected chi connectivity index (χ3v) is 16.6. The minimum Gasteiger partial charge on any atom is -0.481 e. The number of fused-ring (bicyclic) bond motifs is 5. The van der Waals surface area contributed by atoms with E-state index in [1.54, 1.807) is 14.7 Å². The van der Waals surface area contributed by atoms with Crippen LogP contribution in [0.5, 0.6) is 0 Å². The van der Waals surface area contributed by atoms with Crippen LogP contribution in [-0.2, 0) is 44.8 Å². The number of hydrogen-bond donors (Lipinski definition) is 12. The summed E-state index contributed by atoms with van der Waals surface area (Å²) in [6.45, 7) is 1.09. The summed E-state index contributed by atoms with van der Waals surface area (Å²) in [4.78, 5) is 145. The molecule has 85 heavy (non-hydrogen) atoms. The third-order valence-electron chi connectivity index (χ3n) is 16.6. The Hall–Kier alpha value is -8.27. The van der Waals surface area contributed by atoms with Crippen LogP contribution in [0.4, 0.5) is 16.2 Å². The van der Waals surface area contributed by atoms with Crippen LogP contribution in [0, 0.1) is 0 Å². The van der Waals surface area contributed by atoms with Gasteiger partial charge in [-0.25, -0.2) is 14.4 Å². The Balaban J connectivity index is 1.00. The summed E-state index contributed by atoms with van der Waals surface area (Å²) < 4.78 is 0. The average Bonchev–Trinajstić information content (AvgIpc) is 1.14. The molecule has 1 heterocycles. The first kappa shape index (κ1) is 64.3. The van der Waals surface area contributed by atoms with Gasteiger partial charge in [-0.1, -0.05) is 48.5 Å². The second-order valence-electron chi connectivity index (χ2n) is 22.6. The maximum atomic E-state index is 14.5. The molecule has 1 saturated heterocycles. The summed E-state index contributed by atoms with van der Waals surface area (Å²) in [5.74, 6) is -7.92. The second kappa shape index (κ2) is 29.5. The standard InChI is InChI=1S/C58H76N10O17/c69-44(32-65-22-24-66(33-46(72)73)26-28-68(35-48(76)77)29-27-67(25-23-65)34-47(74)75)63-57-15-18-58(19-16-57,20-17-57)64-50-49(51(78)52(50)79)60-43(31-40-38-10-3-1-8-36(38)30-37-9-2-4-11-39(37)40)53(80)59-21-6-5-12-41(54(81)82)61-56(85)62-42(55(83)84)13-7-14-45(70)71/h1-4,8-11,30,41-43,60,64H,5-7,12-29,31-35H2,(H,59,80)(H,63,69)(H,70,71)(H,72,73)(H,74,75)(H,76,77)(H,81,82)(H,83,84)(H2,61,62,85)/t41-,42-,43-,57?,58?/m0/s1. The molecule has 0 spiro atoms. The fraction of sp³-hybridized carbons (Fsp3) is 0.534. The summed E-state index contributed by atoms with van der Waals surface area (Å²) in [6, 6.07) is 12.3. The van der Waals surface area contributed by atoms with E-state index >= 15 is 0 Å². The molecule has 1 aliphatic heterocycles. The molecule has 27 heteroatoms. The SMILES string of the molecule is O=C(O)CCC[C@H](NC(=O)N[C@@H](CCCCNC(=O)[C@H](Cc1c2ccccc2cc2ccccc12)Nc1c(NC23CCC(NC(=O)CN4CCN(CC(=O)O)CCN(CC(=O)O)CCN(CC(=O)O)CC4)(CC2)CC3)c(=O)c1=O)C(=O)O)C(=O)O. The van der Waals surface area contributed by atoms with E-state index in [0.29, 0.717) is 38.5 Å². The lowest BCUT2D eigenvalue weighted by atomic mass is 9.61. The summed E-state index contributed by atoms with van der Waals surface area (Å²) in [5, 5.41) is 77.8. The van der Waals surface area contributed by atoms with Crippen molar-refractivity contribution in [3.8, 4) is 0 Å². The molecule has 8 rings (SSSR count). The number of unbranched alkanes of at least 4 members (excludes halogenated alkanes) is 1. The first-order valence-corrected chi connectivity index (χ1v) is 28.7. The van der Waals surface area contributed by atoms with Crippen LogP contribution in [0.3, 0.4) is 0 Å². The molecule has 0 radical (unpaired) electrons. The van der Waals surface area contributed by atoms with Crippen molar-refractivity contribution in [3.05, 3.63) is 80.6 Å². The van der Waals surface area contributed by atoms with Gasteiger partial charge in [0, 0.05) is 82.8 Å². The van der Waals surface area contributed by atoms with Crippen molar-refractivity contribution in [2.75, 3.05) is 95.7 Å². The maximum absolute atomic E-state index is 14.5. The number of aliphatic carboxylic acids is 6. The van der Waals surface area contributed by atoms with E-state index in [4.69, 9.17) is 5.11 Å². The molecule has 0 aromatic heterocycles. The lowest BCUT2D eigenvalue weighted by Crippen LogP contribution is -2.62. The predicted octanol–water partition coefficient (Wildman–Crippen LogP) is 1.21. The molecule has 4 aromatic carbocycles. The molecular weight excluding hydrogens is 1110 g/mol. The van der Waals surface area contributed by atoms with Gasteiger partial charge in [-0.2, -0.15) is 0 Å². The number of carboxylic acids is 6. The zero-order valence-corrected chi connectivity index (χ0v) is 47.3. The molecule has 4 amide bonds. The van der Waals surface area contributed by atoms with E-state index in [-0.39, 0.29) is 147 Å². The third kappa shape index (κ3) is 18.1. The van der Waals surface area contributed by atoms with E-state index in [1.807, 2.05) is 59.5 Å². The highest BCUT2D eigenvalue weighted by Crippen LogP contribution is 2.48. The Morgan fingerprint density at radius 1 is 0.506 bits per heavy atom. The molecule has 4 fully saturated rings. The lowest BCUT2D eigenvalue weighted by Gasteiger charge is -2.54. The molecule has 460 valence electrons. The van der Waals surface area contributed by atoms with Crippen molar-refractivity contribution in [2.45, 2.75) is 113 Å². The van der Waals surface area contributed by atoms with Gasteiger partial charge in [0.15, 0.2) is 0 Å². The lowest BCUT2D eigenvalue weighted by molar-refractivity contribution is -0.141. The van der Waals surface area contributed by atoms with Crippen LogP contribution in [0.15, 0.2) is 64.2 Å². The Morgan fingerprint density at radius 2 is 0.941 bits per heavy atom. The highest BCUT2D eigenvalue weighted by atomic mass is 16.4. The predicted molar refractivity (Wildman–Crippen MR) is 310 cm³/mol. The number of carbonyl (C=O) groups excluding carboxylic acids is 3. The molecular formula is C58H76N10O17. The normalized spacial score (nSPS) is 20.2. The molecule has 2 bridgehead atoms. The minimum absolute atomic E-state index is 0.0407. The second-order valence-corrected chi connectivity index (χ2v) is 22.6. The number of nitrogens with zero attached hydrogens (tertiary/aromatic N) is 4. The summed E-state index contributed by atoms with van der Waals surface area (Å²) in [5.41, 5.74) is -1.96. The topological polar surface area (TPSA) is 394 Å². The Bertz CT molecular complexity index is 3070. The van der Waals surface area contributed by atoms with Gasteiger partial charge in [-0.15, -0.1) is 0 Å². The number of anilines is 2. The number of benzene rings is 3. The van der Waals surface area contributed by atoms with Gasteiger partial charge in [-0.05, 0) is 104 Å². The fourth-order valence-corrected chi connectivity index (χ4v) is 11.9. The van der Waals surface area contributed by atoms with Gasteiger partial charge in [-0.3, -0.25) is 58.0 Å². The van der Waals surface area contributed by atoms with Crippen LogP contribution >= 0.6 is 0 Å². The van der Waals surface area contributed by atoms with Crippen LogP contribution < -0.4 is 42.8 Å². The molecule has 12 N–H and O–H groups in total. The van der Waals surface area contributed by atoms with E-state index in [2.05, 4.69) is 31.9 Å². The van der Waals surface area contributed by atoms with Crippen LogP contribution in [0.25, 0.3) is 21.5 Å². The van der Waals surface area contributed by atoms with Gasteiger partial charge in [0.2, 0.25) is 11.8 Å². The highest BCUT2D eigenvalue weighted by Gasteiger charge is 2.50. The number of carbonyl (C=O) groups is 9. The molecule has 4 aromatic rings. The van der Waals surface area contributed by atoms with Crippen molar-refractivity contribution < 1.29 is 73.8 Å². The Labute approximate surface area is 488 Å². The van der Waals surface area contributed by atoms with E-state index in [9.17, 15) is 78.3 Å². The molecule has 3 saturated carbocycles. The summed E-state index contributed by atoms with van der Waals surface area (Å²) in [7, 11) is 0. The number of amides is 4. The molecule has 0 unspecified atom stereocenters. The number of carboxylic acid groups (broad SMARTS) is 6. The number of nitrogens with one attached hydrogen (secondary N) is 6. The molecule has 27 nitrogen and oxygen atoms in total. The van der Waals surface area contributed by atoms with Gasteiger partial charge < -0.3 is 62.5 Å². The minimum atomic E-state index is -1.46. The quantitative estimate of drug-likeness (QED) is 0.0206. The fourth-order valence-electron chi connectivity index (χ4n) is 11.9. The van der Waals surface area contributed by atoms with Gasteiger partial charge >= 0.3 is 41.8 Å². The zero-order valence-electron chi connectivity index (χ0n) is 47.3. The van der Waals surface area contributed by atoms with Gasteiger partial charge in [0.05, 0.1) is 26.2 Å². The Morgan fingerprint density at radius 3 is 1.40 bits per heavy atom. The molecule has 3 atom stereocenters. The zero-order chi connectivity index (χ0) is 61.4. The molecule has 3 aliphatic carbocycles. The average molecular weight is 1190 g/mol.